The lowest BCUT2D eigenvalue weighted by atomic mass is 9.88. The summed E-state index contributed by atoms with van der Waals surface area (Å²) >= 11 is 0. The molecule has 5 rings (SSSR count). The Bertz CT molecular complexity index is 1220. The van der Waals surface area contributed by atoms with E-state index in [1.54, 1.807) is 6.34 Å². The lowest BCUT2D eigenvalue weighted by molar-refractivity contribution is 0.571. The van der Waals surface area contributed by atoms with Crippen LogP contribution in [-0.2, 0) is 5.66 Å². The average Bonchev–Trinajstić information content (AvgIpc) is 2.75. The fraction of sp³-hybridized carbons (Fsp3) is 0.0455. The van der Waals surface area contributed by atoms with Gasteiger partial charge in [-0.15, -0.1) is 0 Å². The second-order valence-corrected chi connectivity index (χ2v) is 6.79. The van der Waals surface area contributed by atoms with E-state index in [2.05, 4.69) is 32.4 Å². The van der Waals surface area contributed by atoms with Gasteiger partial charge in [0.05, 0.1) is 11.9 Å². The molecule has 3 aromatic carbocycles. The van der Waals surface area contributed by atoms with Gasteiger partial charge in [0, 0.05) is 16.6 Å². The van der Waals surface area contributed by atoms with E-state index < -0.39 is 5.66 Å². The molecule has 0 amide bonds. The maximum atomic E-state index is 6.78. The normalized spacial score (nSPS) is 17.9. The highest BCUT2D eigenvalue weighted by atomic mass is 15.1. The van der Waals surface area contributed by atoms with Crippen molar-refractivity contribution < 1.29 is 0 Å². The minimum absolute atomic E-state index is 0.466. The van der Waals surface area contributed by atoms with Gasteiger partial charge in [0.25, 0.3) is 0 Å². The van der Waals surface area contributed by atoms with Crippen molar-refractivity contribution in [2.24, 2.45) is 10.7 Å². The minimum atomic E-state index is -0.948. The number of nitrogen functional groups attached to an aromatic ring is 1. The summed E-state index contributed by atoms with van der Waals surface area (Å²) in [6.45, 7) is 0. The summed E-state index contributed by atoms with van der Waals surface area (Å²) in [6, 6.07) is 22.0. The van der Waals surface area contributed by atoms with Gasteiger partial charge in [-0.05, 0) is 41.0 Å². The number of aromatic nitrogens is 2. The molecule has 4 aromatic rings. The molecule has 136 valence electrons. The molecule has 6 nitrogen and oxygen atoms in total. The quantitative estimate of drug-likeness (QED) is 0.504. The molecule has 1 aliphatic rings. The highest BCUT2D eigenvalue weighted by molar-refractivity contribution is 5.92. The third kappa shape index (κ3) is 2.51. The van der Waals surface area contributed by atoms with Crippen LogP contribution in [0, 0.1) is 0 Å². The van der Waals surface area contributed by atoms with Crippen molar-refractivity contribution >= 4 is 28.7 Å². The number of rotatable bonds is 2. The van der Waals surface area contributed by atoms with Gasteiger partial charge >= 0.3 is 0 Å². The molecule has 2 heterocycles. The summed E-state index contributed by atoms with van der Waals surface area (Å²) in [5.41, 5.74) is 17.5. The zero-order chi connectivity index (χ0) is 19.1. The molecule has 0 bridgehead atoms. The third-order valence-electron chi connectivity index (χ3n) is 5.13. The monoisotopic (exact) mass is 366 g/mol. The Kier molecular flexibility index (Phi) is 3.60. The molecule has 0 fully saturated rings. The van der Waals surface area contributed by atoms with E-state index in [0.29, 0.717) is 5.82 Å². The molecule has 0 spiro atoms. The van der Waals surface area contributed by atoms with Gasteiger partial charge in [0.1, 0.15) is 12.1 Å². The van der Waals surface area contributed by atoms with E-state index in [0.717, 1.165) is 38.8 Å². The Labute approximate surface area is 162 Å². The highest BCUT2D eigenvalue weighted by Crippen LogP contribution is 2.38. The zero-order valence-corrected chi connectivity index (χ0v) is 15.0. The molecular weight excluding hydrogens is 348 g/mol. The van der Waals surface area contributed by atoms with Gasteiger partial charge in [0.15, 0.2) is 5.66 Å². The van der Waals surface area contributed by atoms with Crippen LogP contribution in [0.3, 0.4) is 0 Å². The number of fused-ring (bicyclic) bond motifs is 2. The van der Waals surface area contributed by atoms with Crippen LogP contribution in [0.15, 0.2) is 78.0 Å². The zero-order valence-electron chi connectivity index (χ0n) is 15.0. The van der Waals surface area contributed by atoms with Gasteiger partial charge in [-0.2, -0.15) is 0 Å². The molecule has 1 unspecified atom stereocenters. The number of nitrogens with zero attached hydrogens (tertiary/aromatic N) is 3. The highest BCUT2D eigenvalue weighted by Gasteiger charge is 2.33. The van der Waals surface area contributed by atoms with Gasteiger partial charge < -0.3 is 11.1 Å². The van der Waals surface area contributed by atoms with Crippen molar-refractivity contribution in [3.63, 3.8) is 0 Å². The second-order valence-electron chi connectivity index (χ2n) is 6.79. The SMILES string of the molecule is Nc1ncnc2ccc(-c3ccc4c(c3)C(N)(c3ccccc3)N=CN4)cc12. The number of nitrogens with two attached hydrogens (primary N) is 2. The van der Waals surface area contributed by atoms with Crippen molar-refractivity contribution in [2.75, 3.05) is 11.1 Å². The van der Waals surface area contributed by atoms with Crippen molar-refractivity contribution in [3.05, 3.63) is 84.2 Å². The first-order chi connectivity index (χ1) is 13.6. The molecule has 0 saturated carbocycles. The molecule has 0 aliphatic carbocycles. The standard InChI is InChI=1S/C22H18N6/c23-21-17-10-14(6-8-19(17)25-12-27-21)15-7-9-20-18(11-15)22(24,28-13-26-20)16-4-2-1-3-5-16/h1-13H,24H2,(H,26,28)(H2,23,25,27). The Hall–Kier alpha value is -3.77. The number of anilines is 2. The molecule has 1 aromatic heterocycles. The molecule has 28 heavy (non-hydrogen) atoms. The van der Waals surface area contributed by atoms with Crippen LogP contribution >= 0.6 is 0 Å². The average molecular weight is 366 g/mol. The Morgan fingerprint density at radius 2 is 1.64 bits per heavy atom. The number of hydrogen-bond acceptors (Lipinski definition) is 6. The van der Waals surface area contributed by atoms with Crippen LogP contribution in [0.4, 0.5) is 11.5 Å². The minimum Gasteiger partial charge on any atom is -0.383 e. The maximum absolute atomic E-state index is 6.78. The first-order valence-corrected chi connectivity index (χ1v) is 8.95. The van der Waals surface area contributed by atoms with Crippen molar-refractivity contribution in [3.8, 4) is 11.1 Å². The van der Waals surface area contributed by atoms with E-state index in [9.17, 15) is 0 Å². The predicted molar refractivity (Wildman–Crippen MR) is 113 cm³/mol. The van der Waals surface area contributed by atoms with E-state index in [-0.39, 0.29) is 0 Å². The molecule has 0 saturated heterocycles. The summed E-state index contributed by atoms with van der Waals surface area (Å²) in [5.74, 6) is 0.466. The molecule has 1 atom stereocenters. The van der Waals surface area contributed by atoms with Crippen LogP contribution in [0.25, 0.3) is 22.0 Å². The van der Waals surface area contributed by atoms with Crippen LogP contribution in [-0.4, -0.2) is 16.3 Å². The lowest BCUT2D eigenvalue weighted by Gasteiger charge is -2.31. The smallest absolute Gasteiger partial charge is 0.163 e. The van der Waals surface area contributed by atoms with E-state index >= 15 is 0 Å². The number of benzene rings is 3. The van der Waals surface area contributed by atoms with E-state index in [4.69, 9.17) is 11.5 Å². The van der Waals surface area contributed by atoms with Crippen molar-refractivity contribution in [1.29, 1.82) is 0 Å². The first kappa shape index (κ1) is 16.4. The van der Waals surface area contributed by atoms with Crippen LogP contribution in [0.2, 0.25) is 0 Å². The summed E-state index contributed by atoms with van der Waals surface area (Å²) in [6.07, 6.45) is 3.13. The van der Waals surface area contributed by atoms with Crippen LogP contribution < -0.4 is 16.8 Å². The summed E-state index contributed by atoms with van der Waals surface area (Å²) < 4.78 is 0. The molecule has 6 heteroatoms. The molecule has 1 aliphatic heterocycles. The number of aliphatic imine (C=N–C) groups is 1. The Morgan fingerprint density at radius 1 is 0.857 bits per heavy atom. The second kappa shape index (κ2) is 6.14. The summed E-state index contributed by atoms with van der Waals surface area (Å²) in [7, 11) is 0. The fourth-order valence-corrected chi connectivity index (χ4v) is 3.62. The first-order valence-electron chi connectivity index (χ1n) is 8.95. The third-order valence-corrected chi connectivity index (χ3v) is 5.13. The molecule has 0 radical (unpaired) electrons. The van der Waals surface area contributed by atoms with E-state index in [1.165, 1.54) is 6.33 Å². The van der Waals surface area contributed by atoms with Crippen molar-refractivity contribution in [1.82, 2.24) is 9.97 Å². The van der Waals surface area contributed by atoms with Gasteiger partial charge in [0.2, 0.25) is 0 Å². The predicted octanol–water partition coefficient (Wildman–Crippen LogP) is 3.49. The number of nitrogens with one attached hydrogen (secondary N) is 1. The molecule has 5 N–H and O–H groups in total. The van der Waals surface area contributed by atoms with Gasteiger partial charge in [-0.1, -0.05) is 42.5 Å². The van der Waals surface area contributed by atoms with Crippen molar-refractivity contribution in [2.45, 2.75) is 5.66 Å². The summed E-state index contributed by atoms with van der Waals surface area (Å²) in [4.78, 5) is 12.9. The lowest BCUT2D eigenvalue weighted by Crippen LogP contribution is -2.39. The largest absolute Gasteiger partial charge is 0.383 e. The number of hydrogen-bond donors (Lipinski definition) is 3. The van der Waals surface area contributed by atoms with Crippen LogP contribution in [0.5, 0.6) is 0 Å². The summed E-state index contributed by atoms with van der Waals surface area (Å²) in [5, 5.41) is 4.02. The maximum Gasteiger partial charge on any atom is 0.163 e. The Balaban J connectivity index is 1.67. The fourth-order valence-electron chi connectivity index (χ4n) is 3.62. The topological polar surface area (TPSA) is 102 Å². The van der Waals surface area contributed by atoms with E-state index in [1.807, 2.05) is 54.6 Å². The van der Waals surface area contributed by atoms with Gasteiger partial charge in [-0.3, -0.25) is 5.73 Å². The van der Waals surface area contributed by atoms with Crippen LogP contribution in [0.1, 0.15) is 11.1 Å². The van der Waals surface area contributed by atoms with Gasteiger partial charge in [-0.25, -0.2) is 15.0 Å². The Morgan fingerprint density at radius 3 is 2.50 bits per heavy atom. The molecular formula is C22H18N6.